The number of hydrazine groups is 1. The number of aromatic hydroxyl groups is 1. The van der Waals surface area contributed by atoms with Crippen molar-refractivity contribution >= 4 is 35.6 Å². The number of rotatable bonds is 10. The maximum Gasteiger partial charge on any atom is 0.329 e. The molecule has 3 N–H and O–H groups in total. The summed E-state index contributed by atoms with van der Waals surface area (Å²) in [5.74, 6) is 6.77. The number of nitrogens with two attached hydrogens (primary N) is 1. The Kier molecular flexibility index (Phi) is 8.85. The van der Waals surface area contributed by atoms with Crippen molar-refractivity contribution in [3.8, 4) is 11.5 Å². The molecule has 2 aliphatic carbocycles. The van der Waals surface area contributed by atoms with Crippen molar-refractivity contribution in [2.24, 2.45) is 22.6 Å². The van der Waals surface area contributed by atoms with Gasteiger partial charge in [-0.1, -0.05) is 26.8 Å². The molecule has 0 radical (unpaired) electrons. The second-order valence-corrected chi connectivity index (χ2v) is 12.7. The number of ether oxygens (including phenoxy) is 2. The molecule has 1 saturated heterocycles. The van der Waals surface area contributed by atoms with E-state index in [1.165, 1.54) is 37.4 Å². The molecule has 3 aliphatic rings. The highest BCUT2D eigenvalue weighted by Crippen LogP contribution is 2.66. The van der Waals surface area contributed by atoms with Crippen LogP contribution in [0.25, 0.3) is 6.08 Å². The standard InChI is InChI=1S/C29H41N3O6S/c1-28(2)20-11-13-29(28,3)24(17-20)38-27(36)21-6-5-14-31(21)25(34)12-15-39-18-32(30)26(35)10-8-19-7-9-22(33)23(16-19)37-4/h7-10,16,20-21,24,33H,5-6,11-15,17-18,30H2,1-4H3/b10-8+. The fraction of sp³-hybridized carbons (Fsp3) is 0.621. The molecule has 9 nitrogen and oxygen atoms in total. The average Bonchev–Trinajstić information content (AvgIpc) is 3.54. The first-order valence-electron chi connectivity index (χ1n) is 13.7. The van der Waals surface area contributed by atoms with Gasteiger partial charge in [0.15, 0.2) is 11.5 Å². The smallest absolute Gasteiger partial charge is 0.329 e. The first-order valence-corrected chi connectivity index (χ1v) is 14.8. The molecule has 1 aromatic rings. The SMILES string of the molecule is COc1cc(/C=C/C(=O)N(N)CSCCC(=O)N2CCCC2C(=O)OC2CC3CCC2(C)C3(C)C)ccc1O. The molecule has 1 heterocycles. The summed E-state index contributed by atoms with van der Waals surface area (Å²) < 4.78 is 11.1. The number of phenols is 1. The monoisotopic (exact) mass is 559 g/mol. The summed E-state index contributed by atoms with van der Waals surface area (Å²) in [6.45, 7) is 7.40. The summed E-state index contributed by atoms with van der Waals surface area (Å²) in [4.78, 5) is 40.1. The lowest BCUT2D eigenvalue weighted by molar-refractivity contribution is -0.164. The van der Waals surface area contributed by atoms with Crippen LogP contribution in [0.1, 0.15) is 64.9 Å². The van der Waals surface area contributed by atoms with E-state index in [9.17, 15) is 19.5 Å². The van der Waals surface area contributed by atoms with Crippen molar-refractivity contribution in [2.45, 2.75) is 71.4 Å². The highest BCUT2D eigenvalue weighted by Gasteiger charge is 2.63. The zero-order valence-electron chi connectivity index (χ0n) is 23.4. The van der Waals surface area contributed by atoms with Gasteiger partial charge in [-0.15, -0.1) is 11.8 Å². The number of nitrogens with zero attached hydrogens (tertiary/aromatic N) is 2. The molecule has 0 aromatic heterocycles. The molecule has 1 aromatic carbocycles. The molecule has 3 fully saturated rings. The quantitative estimate of drug-likeness (QED) is 0.0841. The van der Waals surface area contributed by atoms with Crippen molar-refractivity contribution in [3.63, 3.8) is 0 Å². The lowest BCUT2D eigenvalue weighted by atomic mass is 9.70. The van der Waals surface area contributed by atoms with Gasteiger partial charge in [-0.25, -0.2) is 10.6 Å². The Morgan fingerprint density at radius 1 is 1.26 bits per heavy atom. The van der Waals surface area contributed by atoms with Gasteiger partial charge in [0.25, 0.3) is 5.91 Å². The van der Waals surface area contributed by atoms with Gasteiger partial charge < -0.3 is 19.5 Å². The summed E-state index contributed by atoms with van der Waals surface area (Å²) in [5, 5.41) is 10.8. The Morgan fingerprint density at radius 3 is 2.69 bits per heavy atom. The van der Waals surface area contributed by atoms with Crippen molar-refractivity contribution in [3.05, 3.63) is 29.8 Å². The third kappa shape index (κ3) is 5.91. The largest absolute Gasteiger partial charge is 0.504 e. The average molecular weight is 560 g/mol. The Hall–Kier alpha value is -2.72. The fourth-order valence-electron chi connectivity index (χ4n) is 6.43. The van der Waals surface area contributed by atoms with E-state index >= 15 is 0 Å². The molecule has 214 valence electrons. The van der Waals surface area contributed by atoms with Gasteiger partial charge in [0.05, 0.1) is 13.0 Å². The minimum absolute atomic E-state index is 0.00491. The van der Waals surface area contributed by atoms with Crippen molar-refractivity contribution in [1.82, 2.24) is 9.91 Å². The minimum atomic E-state index is -0.510. The number of hydrogen-bond acceptors (Lipinski definition) is 8. The maximum absolute atomic E-state index is 13.1. The number of carbonyl (C=O) groups is 3. The normalized spacial score (nSPS) is 27.2. The van der Waals surface area contributed by atoms with Crippen LogP contribution in [0.5, 0.6) is 11.5 Å². The van der Waals surface area contributed by atoms with E-state index in [-0.39, 0.29) is 52.8 Å². The number of likely N-dealkylation sites (tertiary alicyclic amines) is 1. The van der Waals surface area contributed by atoms with E-state index in [4.69, 9.17) is 15.3 Å². The zero-order valence-corrected chi connectivity index (χ0v) is 24.2. The van der Waals surface area contributed by atoms with Gasteiger partial charge in [-0.05, 0) is 67.2 Å². The number of carbonyl (C=O) groups excluding carboxylic acids is 3. The second kappa shape index (κ2) is 11.8. The number of esters is 1. The van der Waals surface area contributed by atoms with E-state index in [1.807, 2.05) is 0 Å². The summed E-state index contributed by atoms with van der Waals surface area (Å²) in [7, 11) is 1.45. The van der Waals surface area contributed by atoms with Crippen LogP contribution in [0.3, 0.4) is 0 Å². The third-order valence-corrected chi connectivity index (χ3v) is 10.4. The summed E-state index contributed by atoms with van der Waals surface area (Å²) in [6, 6.07) is 4.24. The second-order valence-electron chi connectivity index (χ2n) is 11.6. The number of hydrogen-bond donors (Lipinski definition) is 2. The summed E-state index contributed by atoms with van der Waals surface area (Å²) in [5.41, 5.74) is 0.837. The zero-order chi connectivity index (χ0) is 28.4. The first kappa shape index (κ1) is 29.3. The van der Waals surface area contributed by atoms with Gasteiger partial charge >= 0.3 is 5.97 Å². The van der Waals surface area contributed by atoms with Crippen LogP contribution in [0.15, 0.2) is 24.3 Å². The highest BCUT2D eigenvalue weighted by atomic mass is 32.2. The fourth-order valence-corrected chi connectivity index (χ4v) is 7.20. The highest BCUT2D eigenvalue weighted by molar-refractivity contribution is 7.99. The Balaban J connectivity index is 1.20. The molecular weight excluding hydrogens is 518 g/mol. The van der Waals surface area contributed by atoms with Gasteiger partial charge in [-0.3, -0.25) is 14.6 Å². The number of amides is 2. The molecule has 10 heteroatoms. The van der Waals surface area contributed by atoms with Gasteiger partial charge in [0.1, 0.15) is 12.1 Å². The van der Waals surface area contributed by atoms with E-state index in [0.717, 1.165) is 24.3 Å². The molecule has 1 aliphatic heterocycles. The van der Waals surface area contributed by atoms with Crippen LogP contribution in [0, 0.1) is 16.7 Å². The Morgan fingerprint density at radius 2 is 2.03 bits per heavy atom. The first-order chi connectivity index (χ1) is 18.5. The van der Waals surface area contributed by atoms with Crippen LogP contribution in [0.2, 0.25) is 0 Å². The van der Waals surface area contributed by atoms with Crippen molar-refractivity contribution in [2.75, 3.05) is 25.3 Å². The number of phenolic OH excluding ortho intramolecular Hbond substituents is 1. The van der Waals surface area contributed by atoms with E-state index in [2.05, 4.69) is 20.8 Å². The molecule has 2 amide bonds. The van der Waals surface area contributed by atoms with Crippen LogP contribution in [-0.4, -0.2) is 70.2 Å². The Labute approximate surface area is 235 Å². The molecular formula is C29H41N3O6S. The molecule has 4 rings (SSSR count). The maximum atomic E-state index is 13.1. The topological polar surface area (TPSA) is 122 Å². The minimum Gasteiger partial charge on any atom is -0.504 e. The summed E-state index contributed by atoms with van der Waals surface area (Å²) in [6.07, 6.45) is 7.73. The third-order valence-electron chi connectivity index (χ3n) is 9.41. The van der Waals surface area contributed by atoms with Crippen LogP contribution in [-0.2, 0) is 19.1 Å². The summed E-state index contributed by atoms with van der Waals surface area (Å²) >= 11 is 1.38. The predicted molar refractivity (Wildman–Crippen MR) is 151 cm³/mol. The van der Waals surface area contributed by atoms with Gasteiger partial charge in [0, 0.05) is 30.2 Å². The number of thioether (sulfide) groups is 1. The number of fused-ring (bicyclic) bond motifs is 2. The van der Waals surface area contributed by atoms with E-state index in [0.29, 0.717) is 35.9 Å². The van der Waals surface area contributed by atoms with E-state index < -0.39 is 6.04 Å². The molecule has 2 bridgehead atoms. The Bertz CT molecular complexity index is 1120. The molecule has 4 atom stereocenters. The van der Waals surface area contributed by atoms with Crippen molar-refractivity contribution < 1.29 is 29.0 Å². The lowest BCUT2D eigenvalue weighted by Gasteiger charge is -2.39. The van der Waals surface area contributed by atoms with Gasteiger partial charge in [-0.2, -0.15) is 0 Å². The van der Waals surface area contributed by atoms with E-state index in [1.54, 1.807) is 23.1 Å². The van der Waals surface area contributed by atoms with Gasteiger partial charge in [0.2, 0.25) is 5.91 Å². The van der Waals surface area contributed by atoms with Crippen LogP contribution < -0.4 is 10.6 Å². The molecule has 2 saturated carbocycles. The number of methoxy groups -OCH3 is 1. The predicted octanol–water partition coefficient (Wildman–Crippen LogP) is 3.95. The van der Waals surface area contributed by atoms with Crippen LogP contribution in [0.4, 0.5) is 0 Å². The number of benzene rings is 1. The molecule has 0 spiro atoms. The molecule has 4 unspecified atom stereocenters. The van der Waals surface area contributed by atoms with Crippen molar-refractivity contribution in [1.29, 1.82) is 0 Å². The lowest BCUT2D eigenvalue weighted by Crippen LogP contribution is -2.45. The van der Waals surface area contributed by atoms with Crippen LogP contribution >= 0.6 is 11.8 Å². The molecule has 39 heavy (non-hydrogen) atoms.